The van der Waals surface area contributed by atoms with Gasteiger partial charge in [0.15, 0.2) is 0 Å². The van der Waals surface area contributed by atoms with Crippen LogP contribution in [0.4, 0.5) is 0 Å². The van der Waals surface area contributed by atoms with Crippen molar-refractivity contribution in [2.45, 2.75) is 11.8 Å². The Balaban J connectivity index is 2.69. The van der Waals surface area contributed by atoms with Crippen LogP contribution in [-0.2, 0) is 9.37 Å². The summed E-state index contributed by atoms with van der Waals surface area (Å²) in [7, 11) is 0. The van der Waals surface area contributed by atoms with E-state index in [0.29, 0.717) is 10.5 Å². The molecule has 0 aliphatic heterocycles. The van der Waals surface area contributed by atoms with Crippen molar-refractivity contribution in [2.24, 2.45) is 0 Å². The van der Waals surface area contributed by atoms with Crippen molar-refractivity contribution in [3.05, 3.63) is 23.8 Å². The predicted molar refractivity (Wildman–Crippen MR) is 41.3 cm³/mol. The normalized spacial score (nSPS) is 10.2. The van der Waals surface area contributed by atoms with Crippen LogP contribution < -0.4 is 5.11 Å². The van der Waals surface area contributed by atoms with Crippen molar-refractivity contribution >= 4 is 12.0 Å². The Hall–Kier alpha value is -0.750. The minimum absolute atomic E-state index is 0.0680. The Morgan fingerprint density at radius 3 is 2.83 bits per heavy atom. The lowest BCUT2D eigenvalue weighted by atomic mass is 10.2. The molecule has 12 heavy (non-hydrogen) atoms. The van der Waals surface area contributed by atoms with Crippen molar-refractivity contribution in [3.8, 4) is 5.75 Å². The summed E-state index contributed by atoms with van der Waals surface area (Å²) in [4.78, 5) is 0.583. The molecule has 0 fully saturated rings. The summed E-state index contributed by atoms with van der Waals surface area (Å²) in [5, 5.41) is 22.2. The van der Waals surface area contributed by atoms with Gasteiger partial charge in [0.1, 0.15) is 0 Å². The molecule has 1 aromatic carbocycles. The maximum absolute atomic E-state index is 11.0. The second-order valence-corrected chi connectivity index (χ2v) is 2.93. The molecule has 0 heterocycles. The van der Waals surface area contributed by atoms with Crippen molar-refractivity contribution in [2.75, 3.05) is 0 Å². The van der Waals surface area contributed by atoms with Gasteiger partial charge in [-0.05, 0) is 13.0 Å². The molecule has 0 atom stereocenters. The molecule has 1 N–H and O–H groups in total. The van der Waals surface area contributed by atoms with E-state index in [1.807, 2.05) is 0 Å². The number of hydrogen-bond acceptors (Lipinski definition) is 5. The highest BCUT2D eigenvalue weighted by molar-refractivity contribution is 7.94. The first kappa shape index (κ1) is 9.34. The number of benzene rings is 1. The molecule has 1 rings (SSSR count). The van der Waals surface area contributed by atoms with Gasteiger partial charge in [0, 0.05) is 4.90 Å². The molecule has 0 saturated heterocycles. The Kier molecular flexibility index (Phi) is 3.36. The minimum atomic E-state index is -0.0680. The first-order valence-corrected chi connectivity index (χ1v) is 3.90. The van der Waals surface area contributed by atoms with E-state index < -0.39 is 0 Å². The van der Waals surface area contributed by atoms with Gasteiger partial charge in [-0.25, -0.2) is 5.26 Å². The Labute approximate surface area is 73.8 Å². The van der Waals surface area contributed by atoms with E-state index in [1.165, 1.54) is 6.07 Å². The van der Waals surface area contributed by atoms with E-state index in [4.69, 9.17) is 5.26 Å². The molecule has 66 valence electrons. The first-order chi connectivity index (χ1) is 5.74. The lowest BCUT2D eigenvalue weighted by Gasteiger charge is -2.10. The smallest absolute Gasteiger partial charge is 0.0714 e. The van der Waals surface area contributed by atoms with Crippen LogP contribution in [0.5, 0.6) is 5.75 Å². The summed E-state index contributed by atoms with van der Waals surface area (Å²) in [5.74, 6) is -0.0680. The maximum Gasteiger partial charge on any atom is 0.0714 e. The number of hydrogen-bond donors (Lipinski definition) is 1. The predicted octanol–water partition coefficient (Wildman–Crippen LogP) is 1.50. The molecule has 0 radical (unpaired) electrons. The van der Waals surface area contributed by atoms with Crippen LogP contribution in [0.3, 0.4) is 0 Å². The molecular weight excluding hydrogens is 180 g/mol. The largest absolute Gasteiger partial charge is 0.872 e. The average Bonchev–Trinajstić information content (AvgIpc) is 2.07. The fourth-order valence-electron chi connectivity index (χ4n) is 0.687. The third-order valence-electron chi connectivity index (χ3n) is 1.32. The molecule has 1 aromatic rings. The van der Waals surface area contributed by atoms with Gasteiger partial charge in [-0.2, -0.15) is 0 Å². The topological polar surface area (TPSA) is 61.8 Å². The van der Waals surface area contributed by atoms with Crippen LogP contribution in [0.1, 0.15) is 5.56 Å². The van der Waals surface area contributed by atoms with Crippen molar-refractivity contribution < 1.29 is 19.7 Å². The van der Waals surface area contributed by atoms with Crippen LogP contribution in [0.25, 0.3) is 0 Å². The number of rotatable bonds is 3. The lowest BCUT2D eigenvalue weighted by molar-refractivity contribution is -0.432. The third-order valence-corrected chi connectivity index (χ3v) is 1.90. The molecule has 0 bridgehead atoms. The van der Waals surface area contributed by atoms with Gasteiger partial charge in [-0.1, -0.05) is 22.7 Å². The Morgan fingerprint density at radius 2 is 2.25 bits per heavy atom. The van der Waals surface area contributed by atoms with Gasteiger partial charge in [0.2, 0.25) is 0 Å². The molecule has 0 aromatic heterocycles. The summed E-state index contributed by atoms with van der Waals surface area (Å²) in [5.41, 5.74) is 0.671. The molecule has 0 spiro atoms. The van der Waals surface area contributed by atoms with E-state index in [1.54, 1.807) is 19.1 Å². The van der Waals surface area contributed by atoms with E-state index in [2.05, 4.69) is 9.37 Å². The fraction of sp³-hybridized carbons (Fsp3) is 0.143. The maximum atomic E-state index is 11.0. The van der Waals surface area contributed by atoms with Gasteiger partial charge in [0.05, 0.1) is 12.0 Å². The van der Waals surface area contributed by atoms with Gasteiger partial charge in [-0.15, -0.1) is 10.1 Å². The second kappa shape index (κ2) is 4.32. The summed E-state index contributed by atoms with van der Waals surface area (Å²) >= 11 is 0.771. The van der Waals surface area contributed by atoms with Gasteiger partial charge >= 0.3 is 0 Å². The second-order valence-electron chi connectivity index (χ2n) is 2.15. The SMILES string of the molecule is Cc1ccc(SOOO)cc1[O-]. The van der Waals surface area contributed by atoms with Crippen LogP contribution in [0, 0.1) is 6.92 Å². The minimum Gasteiger partial charge on any atom is -0.872 e. The van der Waals surface area contributed by atoms with E-state index in [-0.39, 0.29) is 5.75 Å². The Morgan fingerprint density at radius 1 is 1.50 bits per heavy atom. The molecule has 0 unspecified atom stereocenters. The van der Waals surface area contributed by atoms with E-state index >= 15 is 0 Å². The average molecular weight is 187 g/mol. The Bertz CT molecular complexity index is 264. The molecular formula is C7H7O4S-. The molecule has 0 amide bonds. The zero-order valence-electron chi connectivity index (χ0n) is 6.31. The van der Waals surface area contributed by atoms with Crippen LogP contribution >= 0.6 is 12.0 Å². The van der Waals surface area contributed by atoms with Crippen molar-refractivity contribution in [1.29, 1.82) is 0 Å². The van der Waals surface area contributed by atoms with Gasteiger partial charge in [-0.3, -0.25) is 0 Å². The summed E-state index contributed by atoms with van der Waals surface area (Å²) in [6.45, 7) is 1.72. The highest BCUT2D eigenvalue weighted by Crippen LogP contribution is 2.23. The highest BCUT2D eigenvalue weighted by atomic mass is 32.2. The monoisotopic (exact) mass is 187 g/mol. The van der Waals surface area contributed by atoms with Crippen LogP contribution in [0.2, 0.25) is 0 Å². The van der Waals surface area contributed by atoms with Crippen molar-refractivity contribution in [3.63, 3.8) is 0 Å². The molecule has 5 heteroatoms. The zero-order valence-corrected chi connectivity index (χ0v) is 7.13. The summed E-state index contributed by atoms with van der Waals surface area (Å²) in [6.07, 6.45) is 0. The molecule has 0 saturated carbocycles. The standard InChI is InChI=1S/C7H8O4S/c1-5-2-3-6(4-7(5)8)12-11-10-9/h2-4,8-9H,1H3/p-1. The van der Waals surface area contributed by atoms with Crippen LogP contribution in [-0.4, -0.2) is 5.26 Å². The highest BCUT2D eigenvalue weighted by Gasteiger charge is 1.95. The quantitative estimate of drug-likeness (QED) is 0.441. The van der Waals surface area contributed by atoms with Crippen LogP contribution in [0.15, 0.2) is 23.1 Å². The van der Waals surface area contributed by atoms with E-state index in [9.17, 15) is 5.11 Å². The van der Waals surface area contributed by atoms with Gasteiger partial charge < -0.3 is 5.11 Å². The molecule has 4 nitrogen and oxygen atoms in total. The van der Waals surface area contributed by atoms with E-state index in [0.717, 1.165) is 12.0 Å². The first-order valence-electron chi connectivity index (χ1n) is 3.16. The number of aryl methyl sites for hydroxylation is 1. The third kappa shape index (κ3) is 2.38. The lowest BCUT2D eigenvalue weighted by Crippen LogP contribution is -1.92. The van der Waals surface area contributed by atoms with Gasteiger partial charge in [0.25, 0.3) is 0 Å². The molecule has 0 aliphatic carbocycles. The fourth-order valence-corrected chi connectivity index (χ4v) is 1.07. The zero-order chi connectivity index (χ0) is 8.97. The molecule has 0 aliphatic rings. The summed E-state index contributed by atoms with van der Waals surface area (Å²) in [6, 6.07) is 4.77. The summed E-state index contributed by atoms with van der Waals surface area (Å²) < 4.78 is 4.15. The van der Waals surface area contributed by atoms with Crippen molar-refractivity contribution in [1.82, 2.24) is 0 Å².